The third-order valence-electron chi connectivity index (χ3n) is 3.31. The average Bonchev–Trinajstić information content (AvgIpc) is 2.62. The molecule has 1 aromatic heterocycles. The smallest absolute Gasteiger partial charge is 0.129 e. The van der Waals surface area contributed by atoms with Crippen molar-refractivity contribution in [1.29, 1.82) is 5.26 Å². The van der Waals surface area contributed by atoms with E-state index in [0.29, 0.717) is 16.6 Å². The lowest BCUT2D eigenvalue weighted by atomic mass is 9.97. The Hall–Kier alpha value is -1.21. The summed E-state index contributed by atoms with van der Waals surface area (Å²) in [6, 6.07) is 4.58. The van der Waals surface area contributed by atoms with Crippen molar-refractivity contribution in [3.05, 3.63) is 10.9 Å². The quantitative estimate of drug-likeness (QED) is 0.839. The molecule has 92 valence electrons. The second kappa shape index (κ2) is 5.92. The summed E-state index contributed by atoms with van der Waals surface area (Å²) in [6.07, 6.45) is 9.19. The van der Waals surface area contributed by atoms with E-state index in [-0.39, 0.29) is 0 Å². The molecule has 0 saturated heterocycles. The second-order valence-electron chi connectivity index (χ2n) is 4.69. The molecular weight excluding hydrogens is 230 g/mol. The highest BCUT2D eigenvalue weighted by atomic mass is 32.1. The van der Waals surface area contributed by atoms with Crippen molar-refractivity contribution < 1.29 is 0 Å². The van der Waals surface area contributed by atoms with Crippen LogP contribution < -0.4 is 11.1 Å². The first kappa shape index (κ1) is 12.3. The van der Waals surface area contributed by atoms with Crippen LogP contribution in [0.25, 0.3) is 0 Å². The van der Waals surface area contributed by atoms with Crippen molar-refractivity contribution in [3.63, 3.8) is 0 Å². The summed E-state index contributed by atoms with van der Waals surface area (Å²) in [5.74, 6) is 0. The summed E-state index contributed by atoms with van der Waals surface area (Å²) in [6.45, 7) is 0. The highest BCUT2D eigenvalue weighted by molar-refractivity contribution is 7.17. The van der Waals surface area contributed by atoms with Crippen LogP contribution in [0.4, 0.5) is 10.7 Å². The number of nitrogens with two attached hydrogens (primary N) is 1. The maximum absolute atomic E-state index is 8.87. The van der Waals surface area contributed by atoms with Crippen LogP contribution in [-0.4, -0.2) is 6.04 Å². The highest BCUT2D eigenvalue weighted by Gasteiger charge is 2.13. The number of thiophene rings is 1. The van der Waals surface area contributed by atoms with Crippen molar-refractivity contribution in [2.45, 2.75) is 51.0 Å². The third kappa shape index (κ3) is 3.37. The fourth-order valence-electron chi connectivity index (χ4n) is 2.37. The van der Waals surface area contributed by atoms with Gasteiger partial charge in [0.25, 0.3) is 0 Å². The Morgan fingerprint density at radius 3 is 2.47 bits per heavy atom. The predicted octanol–water partition coefficient (Wildman–Crippen LogP) is 3.73. The van der Waals surface area contributed by atoms with Crippen LogP contribution in [0.3, 0.4) is 0 Å². The van der Waals surface area contributed by atoms with Crippen molar-refractivity contribution in [2.24, 2.45) is 0 Å². The van der Waals surface area contributed by atoms with Gasteiger partial charge >= 0.3 is 0 Å². The summed E-state index contributed by atoms with van der Waals surface area (Å²) in [7, 11) is 0. The molecule has 2 rings (SSSR count). The fourth-order valence-corrected chi connectivity index (χ4v) is 3.22. The summed E-state index contributed by atoms with van der Waals surface area (Å²) in [5.41, 5.74) is 6.36. The van der Waals surface area contributed by atoms with Gasteiger partial charge < -0.3 is 11.1 Å². The van der Waals surface area contributed by atoms with Gasteiger partial charge in [0.05, 0.1) is 10.7 Å². The normalized spacial score (nSPS) is 18.1. The van der Waals surface area contributed by atoms with E-state index in [1.807, 2.05) is 6.07 Å². The number of nitriles is 1. The van der Waals surface area contributed by atoms with E-state index in [0.717, 1.165) is 5.00 Å². The van der Waals surface area contributed by atoms with Crippen LogP contribution in [0.2, 0.25) is 0 Å². The molecule has 0 amide bonds. The van der Waals surface area contributed by atoms with E-state index in [4.69, 9.17) is 11.0 Å². The highest BCUT2D eigenvalue weighted by Crippen LogP contribution is 2.30. The monoisotopic (exact) mass is 249 g/mol. The number of nitrogen functional groups attached to an aromatic ring is 1. The largest absolute Gasteiger partial charge is 0.397 e. The van der Waals surface area contributed by atoms with Crippen molar-refractivity contribution in [3.8, 4) is 6.07 Å². The van der Waals surface area contributed by atoms with Gasteiger partial charge in [-0.25, -0.2) is 0 Å². The van der Waals surface area contributed by atoms with Crippen LogP contribution in [0.15, 0.2) is 6.07 Å². The molecule has 1 aliphatic rings. The zero-order valence-electron chi connectivity index (χ0n) is 10.0. The van der Waals surface area contributed by atoms with Crippen LogP contribution in [0, 0.1) is 11.3 Å². The van der Waals surface area contributed by atoms with Crippen molar-refractivity contribution in [2.75, 3.05) is 11.1 Å². The molecule has 0 atom stereocenters. The standard InChI is InChI=1S/C13H19N3S/c14-9-12-11(15)8-13(17-12)16-10-6-4-2-1-3-5-7-10/h8,10,16H,1-7,15H2. The molecule has 0 aromatic carbocycles. The lowest BCUT2D eigenvalue weighted by molar-refractivity contribution is 0.472. The van der Waals surface area contributed by atoms with Crippen LogP contribution in [0.5, 0.6) is 0 Å². The van der Waals surface area contributed by atoms with Gasteiger partial charge in [-0.1, -0.05) is 32.1 Å². The predicted molar refractivity (Wildman–Crippen MR) is 73.2 cm³/mol. The molecule has 0 bridgehead atoms. The molecule has 0 spiro atoms. The molecule has 1 saturated carbocycles. The first-order valence-corrected chi connectivity index (χ1v) is 7.17. The topological polar surface area (TPSA) is 61.8 Å². The Morgan fingerprint density at radius 1 is 1.24 bits per heavy atom. The lowest BCUT2D eigenvalue weighted by Gasteiger charge is -2.20. The molecule has 1 fully saturated rings. The van der Waals surface area contributed by atoms with Gasteiger partial charge in [-0.05, 0) is 18.9 Å². The van der Waals surface area contributed by atoms with Gasteiger partial charge in [0.15, 0.2) is 0 Å². The van der Waals surface area contributed by atoms with Gasteiger partial charge in [-0.15, -0.1) is 11.3 Å². The molecule has 0 unspecified atom stereocenters. The number of hydrogen-bond acceptors (Lipinski definition) is 4. The van der Waals surface area contributed by atoms with Gasteiger partial charge in [0.1, 0.15) is 10.9 Å². The minimum absolute atomic E-state index is 0.555. The number of rotatable bonds is 2. The zero-order chi connectivity index (χ0) is 12.1. The molecule has 3 N–H and O–H groups in total. The van der Waals surface area contributed by atoms with Crippen LogP contribution in [-0.2, 0) is 0 Å². The molecule has 0 radical (unpaired) electrons. The Kier molecular flexibility index (Phi) is 4.27. The van der Waals surface area contributed by atoms with E-state index in [2.05, 4.69) is 11.4 Å². The molecular formula is C13H19N3S. The van der Waals surface area contributed by atoms with E-state index in [1.54, 1.807) is 0 Å². The summed E-state index contributed by atoms with van der Waals surface area (Å²) in [5, 5.41) is 13.4. The van der Waals surface area contributed by atoms with Crippen LogP contribution in [0.1, 0.15) is 49.8 Å². The van der Waals surface area contributed by atoms with Gasteiger partial charge in [-0.2, -0.15) is 5.26 Å². The van der Waals surface area contributed by atoms with E-state index in [9.17, 15) is 0 Å². The summed E-state index contributed by atoms with van der Waals surface area (Å²) in [4.78, 5) is 0.623. The molecule has 4 heteroatoms. The van der Waals surface area contributed by atoms with Gasteiger partial charge in [-0.3, -0.25) is 0 Å². The Labute approximate surface area is 107 Å². The van der Waals surface area contributed by atoms with Crippen molar-refractivity contribution in [1.82, 2.24) is 0 Å². The van der Waals surface area contributed by atoms with E-state index >= 15 is 0 Å². The van der Waals surface area contributed by atoms with E-state index in [1.165, 1.54) is 56.3 Å². The third-order valence-corrected chi connectivity index (χ3v) is 4.30. The Morgan fingerprint density at radius 2 is 1.88 bits per heavy atom. The van der Waals surface area contributed by atoms with Crippen molar-refractivity contribution >= 4 is 22.0 Å². The lowest BCUT2D eigenvalue weighted by Crippen LogP contribution is -2.19. The maximum atomic E-state index is 8.87. The summed E-state index contributed by atoms with van der Waals surface area (Å²) >= 11 is 1.47. The molecule has 1 aromatic rings. The average molecular weight is 249 g/mol. The number of anilines is 2. The Balaban J connectivity index is 1.96. The van der Waals surface area contributed by atoms with Crippen LogP contribution >= 0.6 is 11.3 Å². The van der Waals surface area contributed by atoms with E-state index < -0.39 is 0 Å². The molecule has 1 aliphatic carbocycles. The molecule has 0 aliphatic heterocycles. The molecule has 17 heavy (non-hydrogen) atoms. The zero-order valence-corrected chi connectivity index (χ0v) is 10.9. The first-order valence-electron chi connectivity index (χ1n) is 6.35. The van der Waals surface area contributed by atoms with Gasteiger partial charge in [0, 0.05) is 6.04 Å². The number of nitrogens with zero attached hydrogens (tertiary/aromatic N) is 1. The fraction of sp³-hybridized carbons (Fsp3) is 0.615. The first-order chi connectivity index (χ1) is 8.29. The SMILES string of the molecule is N#Cc1sc(NC2CCCCCCC2)cc1N. The second-order valence-corrected chi connectivity index (χ2v) is 5.75. The molecule has 1 heterocycles. The Bertz CT molecular complexity index is 397. The minimum atomic E-state index is 0.555. The number of nitrogens with one attached hydrogen (secondary N) is 1. The van der Waals surface area contributed by atoms with Gasteiger partial charge in [0.2, 0.25) is 0 Å². The minimum Gasteiger partial charge on any atom is -0.397 e. The maximum Gasteiger partial charge on any atom is 0.129 e. The molecule has 3 nitrogen and oxygen atoms in total. The summed E-state index contributed by atoms with van der Waals surface area (Å²) < 4.78 is 0. The number of hydrogen-bond donors (Lipinski definition) is 2.